The molecule has 8 rings (SSSR count). The van der Waals surface area contributed by atoms with Crippen LogP contribution in [0.15, 0.2) is 120 Å². The minimum absolute atomic E-state index is 0.0220. The third kappa shape index (κ3) is 16.1. The first-order valence-electron chi connectivity index (χ1n) is 29.2. The van der Waals surface area contributed by atoms with Gasteiger partial charge in [0.15, 0.2) is 0 Å². The van der Waals surface area contributed by atoms with E-state index in [1.54, 1.807) is 15.9 Å². The number of amides is 7. The van der Waals surface area contributed by atoms with Gasteiger partial charge in [-0.1, -0.05) is 130 Å². The number of hydrogen-bond donors (Lipinski definition) is 6. The second-order valence-corrected chi connectivity index (χ2v) is 22.0. The second-order valence-electron chi connectivity index (χ2n) is 22.0. The number of primary amides is 1. The average molecular weight is 1120 g/mol. The highest BCUT2D eigenvalue weighted by molar-refractivity contribution is 5.97. The van der Waals surface area contributed by atoms with Gasteiger partial charge >= 0.3 is 12.0 Å². The summed E-state index contributed by atoms with van der Waals surface area (Å²) in [7, 11) is 0. The first-order valence-corrected chi connectivity index (χ1v) is 29.2. The van der Waals surface area contributed by atoms with Gasteiger partial charge in [0.05, 0.1) is 29.5 Å². The lowest BCUT2D eigenvalue weighted by atomic mass is 9.95. The number of urea groups is 1. The van der Waals surface area contributed by atoms with Crippen LogP contribution < -0.4 is 42.8 Å². The van der Waals surface area contributed by atoms with Crippen molar-refractivity contribution >= 4 is 63.7 Å². The number of unbranched alkanes of at least 4 members (excludes halogenated alkanes) is 8. The zero-order chi connectivity index (χ0) is 58.0. The fourth-order valence-electron chi connectivity index (χ4n) is 11.8. The van der Waals surface area contributed by atoms with Gasteiger partial charge < -0.3 is 56.7 Å². The zero-order valence-electron chi connectivity index (χ0n) is 46.7. The highest BCUT2D eigenvalue weighted by atomic mass is 16.4. The highest BCUT2D eigenvalue weighted by Crippen LogP contribution is 2.33. The number of rotatable bonds is 26. The van der Waals surface area contributed by atoms with E-state index in [0.29, 0.717) is 57.5 Å². The van der Waals surface area contributed by atoms with Gasteiger partial charge in [0.2, 0.25) is 29.5 Å². The number of carboxylic acid groups (broad SMARTS) is 1. The molecule has 20 heteroatoms. The fraction of sp³-hybridized carbons (Fsp3) is 0.468. The van der Waals surface area contributed by atoms with E-state index in [0.717, 1.165) is 103 Å². The summed E-state index contributed by atoms with van der Waals surface area (Å²) < 4.78 is 1.13. The van der Waals surface area contributed by atoms with Crippen LogP contribution in [0.5, 0.6) is 0 Å². The lowest BCUT2D eigenvalue weighted by Crippen LogP contribution is -2.61. The maximum absolute atomic E-state index is 14.5. The number of carboxylic acids is 1. The van der Waals surface area contributed by atoms with Gasteiger partial charge in [0.1, 0.15) is 24.7 Å². The average Bonchev–Trinajstić information content (AvgIpc) is 4.10. The molecule has 0 unspecified atom stereocenters. The normalized spacial score (nSPS) is 18.5. The van der Waals surface area contributed by atoms with Crippen LogP contribution in [-0.4, -0.2) is 129 Å². The number of nitrogens with two attached hydrogens (primary N) is 2. The Morgan fingerprint density at radius 1 is 0.732 bits per heavy atom. The van der Waals surface area contributed by atoms with Crippen LogP contribution in [0.4, 0.5) is 16.2 Å². The summed E-state index contributed by atoms with van der Waals surface area (Å²) in [5, 5.41) is 20.5. The molecule has 82 heavy (non-hydrogen) atoms. The maximum atomic E-state index is 14.5. The van der Waals surface area contributed by atoms with Gasteiger partial charge in [-0.15, -0.1) is 0 Å². The molecule has 3 aromatic carbocycles. The number of carbonyl (C=O) groups is 7. The third-order valence-electron chi connectivity index (χ3n) is 16.1. The number of pyridine rings is 2. The zero-order valence-corrected chi connectivity index (χ0v) is 46.7. The van der Waals surface area contributed by atoms with Crippen molar-refractivity contribution in [2.24, 2.45) is 17.4 Å². The molecule has 0 radical (unpaired) electrons. The number of nitrogens with one attached hydrogen (secondary N) is 3. The Hall–Kier alpha value is -8.13. The van der Waals surface area contributed by atoms with Crippen LogP contribution >= 0.6 is 0 Å². The summed E-state index contributed by atoms with van der Waals surface area (Å²) in [5.41, 5.74) is 14.7. The van der Waals surface area contributed by atoms with E-state index < -0.39 is 65.9 Å². The Labute approximate surface area is 479 Å². The number of carbonyl (C=O) groups excluding carboxylic acids is 6. The van der Waals surface area contributed by atoms with Crippen molar-refractivity contribution in [2.75, 3.05) is 49.1 Å². The summed E-state index contributed by atoms with van der Waals surface area (Å²) in [5.74, 6) is -3.57. The lowest BCUT2D eigenvalue weighted by Gasteiger charge is -2.37. The van der Waals surface area contributed by atoms with Gasteiger partial charge in [-0.2, -0.15) is 0 Å². The molecule has 2 aromatic heterocycles. The smallest absolute Gasteiger partial charge is 0.323 e. The number of aliphatic carboxylic acids is 1. The molecule has 0 saturated carbocycles. The molecule has 0 bridgehead atoms. The van der Waals surface area contributed by atoms with Crippen molar-refractivity contribution < 1.29 is 38.7 Å². The van der Waals surface area contributed by atoms with Crippen LogP contribution in [-0.2, 0) is 35.3 Å². The highest BCUT2D eigenvalue weighted by Gasteiger charge is 2.45. The molecule has 3 fully saturated rings. The van der Waals surface area contributed by atoms with E-state index in [1.165, 1.54) is 17.2 Å². The van der Waals surface area contributed by atoms with Crippen LogP contribution in [0, 0.1) is 5.92 Å². The molecule has 5 atom stereocenters. The first kappa shape index (κ1) is 60.0. The van der Waals surface area contributed by atoms with Gasteiger partial charge in [-0.3, -0.25) is 38.5 Å². The lowest BCUT2D eigenvalue weighted by molar-refractivity contribution is -0.143. The van der Waals surface area contributed by atoms with E-state index in [2.05, 4.69) is 31.9 Å². The van der Waals surface area contributed by atoms with Gasteiger partial charge in [0.25, 0.3) is 5.56 Å². The van der Waals surface area contributed by atoms with E-state index in [4.69, 9.17) is 11.5 Å². The molecule has 7 amide bonds. The molecule has 0 aliphatic carbocycles. The van der Waals surface area contributed by atoms with Gasteiger partial charge in [0, 0.05) is 81.0 Å². The number of benzene rings is 3. The standard InChI is InChI=1S/C62H79N11O9/c63-50-41-70(36-32-47-26-29-52(73(47)61(50)81)59(79)67-51(28-30-54(64)74)58(78)68-57(43-19-10-8-11-20-43)44-21-12-9-13-22-44)62(82)66-33-16-6-4-2-1-3-5-7-17-35-72(48-27-31-55(75)71(40-48)42-56(76)77)60(80)46-24-18-34-69(39-46)53-38-65-37-45-23-14-15-25-49(45)53/h8-15,19-23,25,27,31,37-38,40,46-47,50-52,57H,1-7,16-18,24,26,28-30,32-36,39,41-42,63H2,(H2,64,74)(H,66,82)(H,67,79)(H,68,78)(H,76,77)/t46-,47+,50-,51-,52-/m0/s1. The van der Waals surface area contributed by atoms with E-state index in [9.17, 15) is 43.5 Å². The number of nitrogens with zero attached hydrogens (tertiary/aromatic N) is 6. The number of hydrogen-bond acceptors (Lipinski definition) is 11. The van der Waals surface area contributed by atoms with Gasteiger partial charge in [-0.25, -0.2) is 4.79 Å². The van der Waals surface area contributed by atoms with Crippen LogP contribution in [0.3, 0.4) is 0 Å². The molecular formula is C62H79N11O9. The topological polar surface area (TPSA) is 276 Å². The summed E-state index contributed by atoms with van der Waals surface area (Å²) in [6.07, 6.45) is 16.3. The second kappa shape index (κ2) is 29.5. The third-order valence-corrected chi connectivity index (χ3v) is 16.1. The molecule has 20 nitrogen and oxygen atoms in total. The largest absolute Gasteiger partial charge is 0.480 e. The first-order chi connectivity index (χ1) is 39.7. The minimum atomic E-state index is -1.14. The van der Waals surface area contributed by atoms with Crippen molar-refractivity contribution in [3.8, 4) is 0 Å². The number of fused-ring (bicyclic) bond motifs is 2. The van der Waals surface area contributed by atoms with Crippen molar-refractivity contribution in [3.63, 3.8) is 0 Å². The maximum Gasteiger partial charge on any atom is 0.323 e. The Morgan fingerprint density at radius 2 is 1.40 bits per heavy atom. The van der Waals surface area contributed by atoms with E-state index in [-0.39, 0.29) is 43.3 Å². The Morgan fingerprint density at radius 3 is 2.10 bits per heavy atom. The summed E-state index contributed by atoms with van der Waals surface area (Å²) in [6.45, 7) is 2.06. The number of aromatic nitrogens is 2. The summed E-state index contributed by atoms with van der Waals surface area (Å²) >= 11 is 0. The van der Waals surface area contributed by atoms with E-state index >= 15 is 0 Å². The fourth-order valence-corrected chi connectivity index (χ4v) is 11.8. The minimum Gasteiger partial charge on any atom is -0.480 e. The molecule has 436 valence electrons. The molecule has 3 aliphatic heterocycles. The monoisotopic (exact) mass is 1120 g/mol. The molecule has 3 saturated heterocycles. The summed E-state index contributed by atoms with van der Waals surface area (Å²) in [4.78, 5) is 118. The van der Waals surface area contributed by atoms with Crippen LogP contribution in [0.25, 0.3) is 10.8 Å². The van der Waals surface area contributed by atoms with Gasteiger partial charge in [-0.05, 0) is 68.6 Å². The Balaban J connectivity index is 0.747. The Kier molecular flexibility index (Phi) is 21.6. The summed E-state index contributed by atoms with van der Waals surface area (Å²) in [6, 6.07) is 25.6. The van der Waals surface area contributed by atoms with Crippen molar-refractivity contribution in [2.45, 2.75) is 139 Å². The molecular weight excluding hydrogens is 1040 g/mol. The quantitative estimate of drug-likeness (QED) is 0.0348. The number of piperidine rings is 1. The van der Waals surface area contributed by atoms with Crippen molar-refractivity contribution in [1.29, 1.82) is 0 Å². The predicted molar refractivity (Wildman–Crippen MR) is 313 cm³/mol. The van der Waals surface area contributed by atoms with Crippen LogP contribution in [0.1, 0.15) is 120 Å². The molecule has 5 aromatic rings. The molecule has 0 spiro atoms. The van der Waals surface area contributed by atoms with Crippen molar-refractivity contribution in [3.05, 3.63) is 137 Å². The predicted octanol–water partition coefficient (Wildman–Crippen LogP) is 6.00. The Bertz CT molecular complexity index is 3010. The molecule has 8 N–H and O–H groups in total. The SMILES string of the molecule is NC(=O)CC[C@H](NC(=O)[C@@H]1CC[C@@H]2CCN(C(=O)NCCCCCCCCCCCN(C(=O)[C@H]3CCCN(c4cncc5ccccc45)C3)c3ccc(=O)n(CC(=O)O)c3)C[C@H](N)C(=O)N21)C(=O)NC(c1ccccc1)c1ccccc1. The molecule has 5 heterocycles. The number of anilines is 2. The van der Waals surface area contributed by atoms with E-state index in [1.807, 2.05) is 91.3 Å². The molecule has 3 aliphatic rings. The van der Waals surface area contributed by atoms with Crippen LogP contribution in [0.2, 0.25) is 0 Å². The van der Waals surface area contributed by atoms with Crippen molar-refractivity contribution in [1.82, 2.24) is 35.3 Å².